The van der Waals surface area contributed by atoms with Crippen molar-refractivity contribution in [3.63, 3.8) is 0 Å². The van der Waals surface area contributed by atoms with Crippen molar-refractivity contribution in [1.29, 1.82) is 0 Å². The Morgan fingerprint density at radius 1 is 1.23 bits per heavy atom. The highest BCUT2D eigenvalue weighted by molar-refractivity contribution is 5.49. The molecule has 122 valence electrons. The number of anilines is 1. The Morgan fingerprint density at radius 3 is 2.32 bits per heavy atom. The summed E-state index contributed by atoms with van der Waals surface area (Å²) in [5, 5.41) is 0. The van der Waals surface area contributed by atoms with Crippen LogP contribution in [0.4, 0.5) is 19.1 Å². The van der Waals surface area contributed by atoms with E-state index in [1.165, 1.54) is 0 Å². The first-order valence-electron chi connectivity index (χ1n) is 6.99. The van der Waals surface area contributed by atoms with Gasteiger partial charge in [-0.3, -0.25) is 4.90 Å². The number of rotatable bonds is 5. The second-order valence-corrected chi connectivity index (χ2v) is 5.10. The number of carbonyl (C=O) groups excluding carboxylic acids is 1. The lowest BCUT2D eigenvalue weighted by atomic mass is 10.2. The van der Waals surface area contributed by atoms with Gasteiger partial charge in [0.15, 0.2) is 0 Å². The number of halogens is 3. The monoisotopic (exact) mass is 317 g/mol. The van der Waals surface area contributed by atoms with Crippen LogP contribution in [0.2, 0.25) is 0 Å². The average Bonchev–Trinajstić information content (AvgIpc) is 2.52. The molecule has 2 N–H and O–H groups in total. The fraction of sp³-hybridized carbons (Fsp3) is 0.615. The Kier molecular flexibility index (Phi) is 5.30. The van der Waals surface area contributed by atoms with Crippen molar-refractivity contribution in [3.8, 4) is 0 Å². The van der Waals surface area contributed by atoms with Gasteiger partial charge in [0.2, 0.25) is 5.95 Å². The SMILES string of the molecule is N[C@H](CCC=O)N1CCN(c2ncc(C(F)(F)F)cn2)CC1. The van der Waals surface area contributed by atoms with Crippen LogP contribution in [-0.4, -0.2) is 53.5 Å². The Labute approximate surface area is 126 Å². The zero-order chi connectivity index (χ0) is 16.2. The van der Waals surface area contributed by atoms with Crippen LogP contribution in [0.15, 0.2) is 12.4 Å². The van der Waals surface area contributed by atoms with Gasteiger partial charge in [-0.05, 0) is 6.42 Å². The first-order valence-corrected chi connectivity index (χ1v) is 6.99. The maximum Gasteiger partial charge on any atom is 0.419 e. The molecule has 1 aliphatic rings. The fourth-order valence-corrected chi connectivity index (χ4v) is 2.31. The summed E-state index contributed by atoms with van der Waals surface area (Å²) in [5.41, 5.74) is 5.12. The van der Waals surface area contributed by atoms with E-state index in [-0.39, 0.29) is 12.1 Å². The molecule has 0 aromatic carbocycles. The minimum Gasteiger partial charge on any atom is -0.338 e. The molecule has 2 rings (SSSR count). The molecule has 0 radical (unpaired) electrons. The minimum atomic E-state index is -4.43. The Hall–Kier alpha value is -1.74. The van der Waals surface area contributed by atoms with Gasteiger partial charge in [0.1, 0.15) is 6.29 Å². The summed E-state index contributed by atoms with van der Waals surface area (Å²) in [6.07, 6.45) is -1.16. The van der Waals surface area contributed by atoms with E-state index in [4.69, 9.17) is 5.73 Å². The second-order valence-electron chi connectivity index (χ2n) is 5.10. The van der Waals surface area contributed by atoms with E-state index < -0.39 is 11.7 Å². The van der Waals surface area contributed by atoms with Crippen LogP contribution in [0.25, 0.3) is 0 Å². The van der Waals surface area contributed by atoms with Gasteiger partial charge < -0.3 is 15.4 Å². The predicted molar refractivity (Wildman–Crippen MR) is 74.1 cm³/mol. The lowest BCUT2D eigenvalue weighted by Crippen LogP contribution is -2.53. The Bertz CT molecular complexity index is 485. The predicted octanol–water partition coefficient (Wildman–Crippen LogP) is 0.881. The van der Waals surface area contributed by atoms with Crippen LogP contribution in [0.3, 0.4) is 0 Å². The van der Waals surface area contributed by atoms with E-state index in [1.54, 1.807) is 0 Å². The van der Waals surface area contributed by atoms with E-state index in [2.05, 4.69) is 9.97 Å². The molecule has 1 atom stereocenters. The van der Waals surface area contributed by atoms with Gasteiger partial charge in [-0.1, -0.05) is 0 Å². The molecule has 1 saturated heterocycles. The molecular weight excluding hydrogens is 299 g/mol. The van der Waals surface area contributed by atoms with Crippen LogP contribution in [0.1, 0.15) is 18.4 Å². The molecular formula is C13H18F3N5O. The van der Waals surface area contributed by atoms with Gasteiger partial charge in [0.25, 0.3) is 0 Å². The number of carbonyl (C=O) groups is 1. The molecule has 1 fully saturated rings. The van der Waals surface area contributed by atoms with Gasteiger partial charge in [-0.2, -0.15) is 13.2 Å². The fourth-order valence-electron chi connectivity index (χ4n) is 2.31. The van der Waals surface area contributed by atoms with E-state index in [1.807, 2.05) is 9.80 Å². The van der Waals surface area contributed by atoms with Gasteiger partial charge >= 0.3 is 6.18 Å². The zero-order valence-corrected chi connectivity index (χ0v) is 12.0. The third-order valence-electron chi connectivity index (χ3n) is 3.61. The van der Waals surface area contributed by atoms with Gasteiger partial charge in [0, 0.05) is 45.0 Å². The molecule has 6 nitrogen and oxygen atoms in total. The highest BCUT2D eigenvalue weighted by Gasteiger charge is 2.32. The standard InChI is InChI=1S/C13H18F3N5O/c14-13(15,16)10-8-18-12(19-9-10)21-5-3-20(4-6-21)11(17)2-1-7-22/h7-9,11H,1-6,17H2/t11-/m0/s1. The number of nitrogens with two attached hydrogens (primary N) is 1. The molecule has 0 amide bonds. The maximum atomic E-state index is 12.5. The highest BCUT2D eigenvalue weighted by atomic mass is 19.4. The third kappa shape index (κ3) is 4.14. The van der Waals surface area contributed by atoms with Crippen molar-refractivity contribution in [2.24, 2.45) is 5.73 Å². The Balaban J connectivity index is 1.90. The molecule has 1 aliphatic heterocycles. The summed E-state index contributed by atoms with van der Waals surface area (Å²) in [4.78, 5) is 21.8. The quantitative estimate of drug-likeness (QED) is 0.813. The number of aromatic nitrogens is 2. The van der Waals surface area contributed by atoms with Gasteiger partial charge in [-0.25, -0.2) is 9.97 Å². The van der Waals surface area contributed by atoms with Gasteiger partial charge in [0.05, 0.1) is 11.7 Å². The number of aldehydes is 1. The molecule has 0 unspecified atom stereocenters. The maximum absolute atomic E-state index is 12.5. The lowest BCUT2D eigenvalue weighted by Gasteiger charge is -2.37. The van der Waals surface area contributed by atoms with E-state index in [0.717, 1.165) is 18.7 Å². The van der Waals surface area contributed by atoms with Crippen molar-refractivity contribution in [3.05, 3.63) is 18.0 Å². The molecule has 1 aromatic rings. The summed E-state index contributed by atoms with van der Waals surface area (Å²) in [6, 6.07) is 0. The third-order valence-corrected chi connectivity index (χ3v) is 3.61. The summed E-state index contributed by atoms with van der Waals surface area (Å²) < 4.78 is 37.4. The van der Waals surface area contributed by atoms with Crippen LogP contribution >= 0.6 is 0 Å². The molecule has 0 saturated carbocycles. The Morgan fingerprint density at radius 2 is 1.82 bits per heavy atom. The molecule has 0 bridgehead atoms. The number of nitrogens with zero attached hydrogens (tertiary/aromatic N) is 4. The topological polar surface area (TPSA) is 75.4 Å². The number of hydrogen-bond acceptors (Lipinski definition) is 6. The summed E-state index contributed by atoms with van der Waals surface area (Å²) in [5.74, 6) is 0.286. The van der Waals surface area contributed by atoms with Crippen molar-refractivity contribution in [1.82, 2.24) is 14.9 Å². The summed E-state index contributed by atoms with van der Waals surface area (Å²) in [7, 11) is 0. The van der Waals surface area contributed by atoms with E-state index in [0.29, 0.717) is 39.0 Å². The van der Waals surface area contributed by atoms with Crippen LogP contribution in [0.5, 0.6) is 0 Å². The van der Waals surface area contributed by atoms with Crippen molar-refractivity contribution in [2.75, 3.05) is 31.1 Å². The number of alkyl halides is 3. The first kappa shape index (κ1) is 16.6. The minimum absolute atomic E-state index is 0.180. The average molecular weight is 317 g/mol. The van der Waals surface area contributed by atoms with Crippen LogP contribution in [0, 0.1) is 0 Å². The van der Waals surface area contributed by atoms with E-state index >= 15 is 0 Å². The van der Waals surface area contributed by atoms with Crippen molar-refractivity contribution in [2.45, 2.75) is 25.2 Å². The van der Waals surface area contributed by atoms with E-state index in [9.17, 15) is 18.0 Å². The molecule has 1 aromatic heterocycles. The van der Waals surface area contributed by atoms with Crippen LogP contribution < -0.4 is 10.6 Å². The summed E-state index contributed by atoms with van der Waals surface area (Å²) in [6.45, 7) is 2.48. The summed E-state index contributed by atoms with van der Waals surface area (Å²) >= 11 is 0. The second kappa shape index (κ2) is 7.01. The highest BCUT2D eigenvalue weighted by Crippen LogP contribution is 2.28. The molecule has 0 aliphatic carbocycles. The lowest BCUT2D eigenvalue weighted by molar-refractivity contribution is -0.138. The molecule has 22 heavy (non-hydrogen) atoms. The van der Waals surface area contributed by atoms with Crippen LogP contribution in [-0.2, 0) is 11.0 Å². The molecule has 9 heteroatoms. The number of piperazine rings is 1. The van der Waals surface area contributed by atoms with Crippen molar-refractivity contribution >= 4 is 12.2 Å². The van der Waals surface area contributed by atoms with Crippen molar-refractivity contribution < 1.29 is 18.0 Å². The molecule has 0 spiro atoms. The smallest absolute Gasteiger partial charge is 0.338 e. The zero-order valence-electron chi connectivity index (χ0n) is 12.0. The number of hydrogen-bond donors (Lipinski definition) is 1. The largest absolute Gasteiger partial charge is 0.419 e. The first-order chi connectivity index (χ1) is 10.4. The van der Waals surface area contributed by atoms with Gasteiger partial charge in [-0.15, -0.1) is 0 Å². The normalized spacial score (nSPS) is 18.3. The molecule has 2 heterocycles.